The van der Waals surface area contributed by atoms with Crippen LogP contribution in [0.2, 0.25) is 0 Å². The molecule has 2 aromatic heterocycles. The highest BCUT2D eigenvalue weighted by Crippen LogP contribution is 2.27. The van der Waals surface area contributed by atoms with Gasteiger partial charge in [-0.2, -0.15) is 0 Å². The third-order valence-electron chi connectivity index (χ3n) is 3.80. The van der Waals surface area contributed by atoms with E-state index >= 15 is 0 Å². The Hall–Kier alpha value is -2.18. The zero-order chi connectivity index (χ0) is 17.2. The summed E-state index contributed by atoms with van der Waals surface area (Å²) < 4.78 is 6.78. The number of hydrogen-bond acceptors (Lipinski definition) is 5. The molecule has 0 unspecified atom stereocenters. The molecule has 6 heteroatoms. The van der Waals surface area contributed by atoms with E-state index in [0.717, 1.165) is 20.6 Å². The van der Waals surface area contributed by atoms with Gasteiger partial charge in [-0.15, -0.1) is 10.2 Å². The fourth-order valence-electron chi connectivity index (χ4n) is 2.55. The molecule has 0 aliphatic carbocycles. The van der Waals surface area contributed by atoms with Crippen molar-refractivity contribution in [3.63, 3.8) is 0 Å². The lowest BCUT2D eigenvalue weighted by Gasteiger charge is -2.04. The average molecular weight is 412 g/mol. The lowest BCUT2D eigenvalue weighted by molar-refractivity contribution is 0.528. The Morgan fingerprint density at radius 3 is 2.68 bits per heavy atom. The van der Waals surface area contributed by atoms with Gasteiger partial charge in [-0.05, 0) is 48.9 Å². The van der Waals surface area contributed by atoms with E-state index < -0.39 is 0 Å². The fraction of sp³-hybridized carbons (Fsp3) is 0.105. The van der Waals surface area contributed by atoms with Crippen LogP contribution < -0.4 is 0 Å². The molecule has 0 fully saturated rings. The summed E-state index contributed by atoms with van der Waals surface area (Å²) in [6, 6.07) is 18.1. The molecule has 0 bridgehead atoms. The summed E-state index contributed by atoms with van der Waals surface area (Å²) in [6.45, 7) is 2.10. The quantitative estimate of drug-likeness (QED) is 0.406. The van der Waals surface area contributed by atoms with Gasteiger partial charge in [0.05, 0.1) is 16.3 Å². The average Bonchev–Trinajstić information content (AvgIpc) is 3.10. The SMILES string of the molecule is Cc1cc(SCc2nnc(-c3ccc(Br)cc3)o2)nc2ccccc12. The number of benzene rings is 2. The number of halogens is 1. The summed E-state index contributed by atoms with van der Waals surface area (Å²) in [6.07, 6.45) is 0. The van der Waals surface area contributed by atoms with Gasteiger partial charge in [0.15, 0.2) is 0 Å². The minimum absolute atomic E-state index is 0.533. The third kappa shape index (κ3) is 3.60. The molecule has 0 atom stereocenters. The van der Waals surface area contributed by atoms with Crippen LogP contribution in [0, 0.1) is 6.92 Å². The first-order valence-corrected chi connectivity index (χ1v) is 9.54. The van der Waals surface area contributed by atoms with Gasteiger partial charge >= 0.3 is 0 Å². The summed E-state index contributed by atoms with van der Waals surface area (Å²) in [5, 5.41) is 10.4. The van der Waals surface area contributed by atoms with Crippen LogP contribution in [-0.2, 0) is 5.75 Å². The molecule has 0 aliphatic heterocycles. The molecule has 4 aromatic rings. The second kappa shape index (κ2) is 6.98. The van der Waals surface area contributed by atoms with Gasteiger partial charge in [0, 0.05) is 15.4 Å². The number of para-hydroxylation sites is 1. The van der Waals surface area contributed by atoms with Crippen molar-refractivity contribution >= 4 is 38.6 Å². The highest BCUT2D eigenvalue weighted by molar-refractivity contribution is 9.10. The smallest absolute Gasteiger partial charge is 0.247 e. The number of hydrogen-bond donors (Lipinski definition) is 0. The molecular weight excluding hydrogens is 398 g/mol. The maximum Gasteiger partial charge on any atom is 0.247 e. The van der Waals surface area contributed by atoms with Gasteiger partial charge in [0.25, 0.3) is 0 Å². The Morgan fingerprint density at radius 1 is 1.04 bits per heavy atom. The lowest BCUT2D eigenvalue weighted by atomic mass is 10.1. The Kier molecular flexibility index (Phi) is 4.55. The van der Waals surface area contributed by atoms with Gasteiger partial charge in [-0.1, -0.05) is 45.9 Å². The van der Waals surface area contributed by atoms with Crippen LogP contribution in [0.3, 0.4) is 0 Å². The summed E-state index contributed by atoms with van der Waals surface area (Å²) in [4.78, 5) is 4.69. The maximum absolute atomic E-state index is 5.76. The molecular formula is C19H14BrN3OS. The zero-order valence-corrected chi connectivity index (χ0v) is 15.8. The van der Waals surface area contributed by atoms with Gasteiger partial charge in [0.1, 0.15) is 0 Å². The van der Waals surface area contributed by atoms with Crippen LogP contribution >= 0.6 is 27.7 Å². The van der Waals surface area contributed by atoms with Crippen molar-refractivity contribution in [2.24, 2.45) is 0 Å². The van der Waals surface area contributed by atoms with Crippen LogP contribution in [0.25, 0.3) is 22.4 Å². The molecule has 124 valence electrons. The predicted octanol–water partition coefficient (Wildman–Crippen LogP) is 5.65. The van der Waals surface area contributed by atoms with E-state index in [1.165, 1.54) is 10.9 Å². The van der Waals surface area contributed by atoms with E-state index in [1.807, 2.05) is 42.5 Å². The molecule has 4 nitrogen and oxygen atoms in total. The molecule has 0 radical (unpaired) electrons. The highest BCUT2D eigenvalue weighted by atomic mass is 79.9. The van der Waals surface area contributed by atoms with Gasteiger partial charge in [0.2, 0.25) is 11.8 Å². The van der Waals surface area contributed by atoms with Crippen molar-refractivity contribution in [2.45, 2.75) is 17.7 Å². The summed E-state index contributed by atoms with van der Waals surface area (Å²) in [5.74, 6) is 1.72. The topological polar surface area (TPSA) is 51.8 Å². The number of nitrogens with zero attached hydrogens (tertiary/aromatic N) is 3. The molecule has 0 amide bonds. The van der Waals surface area contributed by atoms with E-state index in [2.05, 4.69) is 45.2 Å². The first-order chi connectivity index (χ1) is 12.2. The molecule has 0 N–H and O–H groups in total. The number of pyridine rings is 1. The minimum atomic E-state index is 0.533. The van der Waals surface area contributed by atoms with E-state index in [-0.39, 0.29) is 0 Å². The van der Waals surface area contributed by atoms with Crippen LogP contribution in [0.5, 0.6) is 0 Å². The second-order valence-electron chi connectivity index (χ2n) is 5.59. The Morgan fingerprint density at radius 2 is 1.84 bits per heavy atom. The standard InChI is InChI=1S/C19H14BrN3OS/c1-12-10-18(21-16-5-3-2-4-15(12)16)25-11-17-22-23-19(24-17)13-6-8-14(20)9-7-13/h2-10H,11H2,1H3. The van der Waals surface area contributed by atoms with Crippen molar-refractivity contribution in [2.75, 3.05) is 0 Å². The summed E-state index contributed by atoms with van der Waals surface area (Å²) >= 11 is 5.02. The number of aryl methyl sites for hydroxylation is 1. The molecule has 0 saturated carbocycles. The summed E-state index contributed by atoms with van der Waals surface area (Å²) in [5.41, 5.74) is 3.13. The normalized spacial score (nSPS) is 11.1. The second-order valence-corrected chi connectivity index (χ2v) is 7.50. The predicted molar refractivity (Wildman–Crippen MR) is 103 cm³/mol. The number of rotatable bonds is 4. The zero-order valence-electron chi connectivity index (χ0n) is 13.4. The highest BCUT2D eigenvalue weighted by Gasteiger charge is 2.10. The molecule has 4 rings (SSSR count). The first-order valence-electron chi connectivity index (χ1n) is 7.76. The Balaban J connectivity index is 1.51. The lowest BCUT2D eigenvalue weighted by Crippen LogP contribution is -1.88. The number of thioether (sulfide) groups is 1. The monoisotopic (exact) mass is 411 g/mol. The van der Waals surface area contributed by atoms with Crippen LogP contribution in [-0.4, -0.2) is 15.2 Å². The molecule has 25 heavy (non-hydrogen) atoms. The van der Waals surface area contributed by atoms with Crippen LogP contribution in [0.15, 0.2) is 68.5 Å². The minimum Gasteiger partial charge on any atom is -0.420 e. The van der Waals surface area contributed by atoms with E-state index in [4.69, 9.17) is 9.40 Å². The van der Waals surface area contributed by atoms with Gasteiger partial charge in [-0.3, -0.25) is 0 Å². The molecule has 0 aliphatic rings. The molecule has 2 heterocycles. The van der Waals surface area contributed by atoms with Crippen molar-refractivity contribution in [3.8, 4) is 11.5 Å². The third-order valence-corrected chi connectivity index (χ3v) is 5.23. The van der Waals surface area contributed by atoms with E-state index in [9.17, 15) is 0 Å². The number of aromatic nitrogens is 3. The van der Waals surface area contributed by atoms with Crippen molar-refractivity contribution in [1.82, 2.24) is 15.2 Å². The van der Waals surface area contributed by atoms with Gasteiger partial charge < -0.3 is 4.42 Å². The van der Waals surface area contributed by atoms with Crippen molar-refractivity contribution < 1.29 is 4.42 Å². The molecule has 0 spiro atoms. The fourth-order valence-corrected chi connectivity index (χ4v) is 3.62. The van der Waals surface area contributed by atoms with Crippen LogP contribution in [0.4, 0.5) is 0 Å². The number of fused-ring (bicyclic) bond motifs is 1. The summed E-state index contributed by atoms with van der Waals surface area (Å²) in [7, 11) is 0. The van der Waals surface area contributed by atoms with Crippen LogP contribution in [0.1, 0.15) is 11.5 Å². The maximum atomic E-state index is 5.76. The largest absolute Gasteiger partial charge is 0.420 e. The Bertz CT molecular complexity index is 1030. The van der Waals surface area contributed by atoms with E-state index in [0.29, 0.717) is 17.5 Å². The molecule has 2 aromatic carbocycles. The van der Waals surface area contributed by atoms with Gasteiger partial charge in [-0.25, -0.2) is 4.98 Å². The van der Waals surface area contributed by atoms with Crippen molar-refractivity contribution in [1.29, 1.82) is 0 Å². The van der Waals surface area contributed by atoms with E-state index in [1.54, 1.807) is 11.8 Å². The molecule has 0 saturated heterocycles. The first kappa shape index (κ1) is 16.3. The van der Waals surface area contributed by atoms with Crippen molar-refractivity contribution in [3.05, 3.63) is 70.5 Å². The Labute approximate surface area is 157 Å².